The van der Waals surface area contributed by atoms with E-state index in [1.165, 1.54) is 0 Å². The molecule has 0 bridgehead atoms. The van der Waals surface area contributed by atoms with Crippen LogP contribution >= 0.6 is 0 Å². The molecule has 0 spiro atoms. The van der Waals surface area contributed by atoms with Crippen LogP contribution in [-0.4, -0.2) is 34.8 Å². The number of piperazine rings is 1. The van der Waals surface area contributed by atoms with Crippen LogP contribution in [0.25, 0.3) is 0 Å². The second-order valence-corrected chi connectivity index (χ2v) is 6.69. The fourth-order valence-electron chi connectivity index (χ4n) is 2.65. The minimum absolute atomic E-state index is 0.00653. The van der Waals surface area contributed by atoms with Gasteiger partial charge in [0.2, 0.25) is 11.8 Å². The lowest BCUT2D eigenvalue weighted by Crippen LogP contribution is -2.70. The Labute approximate surface area is 123 Å². The smallest absolute Gasteiger partial charge is 0.248 e. The van der Waals surface area contributed by atoms with Crippen LogP contribution < -0.4 is 5.32 Å². The van der Waals surface area contributed by atoms with Gasteiger partial charge in [-0.05, 0) is 31.6 Å². The van der Waals surface area contributed by atoms with Crippen LogP contribution in [0.1, 0.15) is 60.8 Å². The zero-order valence-corrected chi connectivity index (χ0v) is 13.8. The third kappa shape index (κ3) is 3.33. The Morgan fingerprint density at radius 1 is 1.25 bits per heavy atom. The van der Waals surface area contributed by atoms with Gasteiger partial charge in [0.05, 0.1) is 0 Å². The molecule has 1 aliphatic rings. The van der Waals surface area contributed by atoms with Gasteiger partial charge in [-0.3, -0.25) is 9.59 Å². The van der Waals surface area contributed by atoms with Crippen LogP contribution in [0.2, 0.25) is 0 Å². The summed E-state index contributed by atoms with van der Waals surface area (Å²) in [5, 5.41) is 2.94. The monoisotopic (exact) mass is 282 g/mol. The van der Waals surface area contributed by atoms with Gasteiger partial charge in [0.1, 0.15) is 11.6 Å². The molecule has 20 heavy (non-hydrogen) atoms. The van der Waals surface area contributed by atoms with Gasteiger partial charge in [-0.25, -0.2) is 0 Å². The van der Waals surface area contributed by atoms with Crippen molar-refractivity contribution in [1.82, 2.24) is 10.2 Å². The van der Waals surface area contributed by atoms with Gasteiger partial charge in [0.25, 0.3) is 0 Å². The average Bonchev–Trinajstić information content (AvgIpc) is 2.40. The van der Waals surface area contributed by atoms with Gasteiger partial charge in [-0.1, -0.05) is 41.0 Å². The van der Waals surface area contributed by atoms with Gasteiger partial charge >= 0.3 is 0 Å². The van der Waals surface area contributed by atoms with E-state index in [1.807, 2.05) is 18.7 Å². The van der Waals surface area contributed by atoms with Gasteiger partial charge < -0.3 is 10.2 Å². The van der Waals surface area contributed by atoms with E-state index in [2.05, 4.69) is 33.0 Å². The Morgan fingerprint density at radius 3 is 2.30 bits per heavy atom. The SMILES string of the molecule is CCC(C)C1C(=O)NC(C)(CC)C(=O)N1CCC(C)C. The van der Waals surface area contributed by atoms with E-state index in [0.29, 0.717) is 18.9 Å². The molecule has 4 nitrogen and oxygen atoms in total. The number of nitrogens with zero attached hydrogens (tertiary/aromatic N) is 1. The number of nitrogens with one attached hydrogen (secondary N) is 1. The first kappa shape index (κ1) is 17.0. The van der Waals surface area contributed by atoms with E-state index in [4.69, 9.17) is 0 Å². The molecule has 1 aliphatic heterocycles. The highest BCUT2D eigenvalue weighted by Crippen LogP contribution is 2.27. The topological polar surface area (TPSA) is 49.4 Å². The zero-order valence-electron chi connectivity index (χ0n) is 13.8. The molecule has 3 unspecified atom stereocenters. The summed E-state index contributed by atoms with van der Waals surface area (Å²) in [7, 11) is 0. The Bertz CT molecular complexity index is 367. The van der Waals surface area contributed by atoms with E-state index >= 15 is 0 Å². The number of carbonyl (C=O) groups excluding carboxylic acids is 2. The van der Waals surface area contributed by atoms with Crippen LogP contribution in [-0.2, 0) is 9.59 Å². The molecule has 1 fully saturated rings. The molecule has 0 radical (unpaired) electrons. The van der Waals surface area contributed by atoms with Gasteiger partial charge in [-0.2, -0.15) is 0 Å². The predicted octanol–water partition coefficient (Wildman–Crippen LogP) is 2.57. The van der Waals surface area contributed by atoms with Crippen molar-refractivity contribution >= 4 is 11.8 Å². The summed E-state index contributed by atoms with van der Waals surface area (Å²) in [6.45, 7) is 12.9. The minimum atomic E-state index is -0.738. The number of rotatable bonds is 6. The number of hydrogen-bond donors (Lipinski definition) is 1. The summed E-state index contributed by atoms with van der Waals surface area (Å²) in [4.78, 5) is 27.1. The summed E-state index contributed by atoms with van der Waals surface area (Å²) >= 11 is 0. The molecular formula is C16H30N2O2. The maximum Gasteiger partial charge on any atom is 0.248 e. The molecule has 1 saturated heterocycles. The van der Waals surface area contributed by atoms with Crippen molar-refractivity contribution in [3.63, 3.8) is 0 Å². The fourth-order valence-corrected chi connectivity index (χ4v) is 2.65. The molecule has 0 aromatic rings. The van der Waals surface area contributed by atoms with Crippen LogP contribution in [0, 0.1) is 11.8 Å². The summed E-state index contributed by atoms with van der Waals surface area (Å²) < 4.78 is 0. The maximum absolute atomic E-state index is 12.8. The first-order valence-electron chi connectivity index (χ1n) is 7.89. The summed E-state index contributed by atoms with van der Waals surface area (Å²) in [5.41, 5.74) is -0.738. The van der Waals surface area contributed by atoms with Gasteiger partial charge in [0, 0.05) is 6.54 Å². The Hall–Kier alpha value is -1.06. The highest BCUT2D eigenvalue weighted by Gasteiger charge is 2.48. The van der Waals surface area contributed by atoms with Crippen molar-refractivity contribution in [2.24, 2.45) is 11.8 Å². The Morgan fingerprint density at radius 2 is 1.85 bits per heavy atom. The molecule has 116 valence electrons. The molecule has 1 rings (SSSR count). The third-order valence-electron chi connectivity index (χ3n) is 4.57. The van der Waals surface area contributed by atoms with E-state index in [9.17, 15) is 9.59 Å². The molecule has 0 aromatic carbocycles. The van der Waals surface area contributed by atoms with Crippen LogP contribution in [0.3, 0.4) is 0 Å². The first-order valence-corrected chi connectivity index (χ1v) is 7.89. The van der Waals surface area contributed by atoms with Crippen LogP contribution in [0.5, 0.6) is 0 Å². The molecule has 1 N–H and O–H groups in total. The second-order valence-electron chi connectivity index (χ2n) is 6.69. The highest BCUT2D eigenvalue weighted by molar-refractivity contribution is 5.99. The molecular weight excluding hydrogens is 252 g/mol. The molecule has 4 heteroatoms. The lowest BCUT2D eigenvalue weighted by atomic mass is 9.86. The van der Waals surface area contributed by atoms with Crippen molar-refractivity contribution in [3.8, 4) is 0 Å². The summed E-state index contributed by atoms with van der Waals surface area (Å²) in [6, 6.07) is -0.314. The molecule has 1 heterocycles. The molecule has 2 amide bonds. The Kier molecular flexibility index (Phi) is 5.60. The van der Waals surface area contributed by atoms with E-state index in [-0.39, 0.29) is 23.8 Å². The van der Waals surface area contributed by atoms with E-state index in [0.717, 1.165) is 12.8 Å². The van der Waals surface area contributed by atoms with Crippen molar-refractivity contribution in [2.75, 3.05) is 6.54 Å². The second kappa shape index (κ2) is 6.59. The fraction of sp³-hybridized carbons (Fsp3) is 0.875. The molecule has 0 aromatic heterocycles. The Balaban J connectivity index is 3.03. The quantitative estimate of drug-likeness (QED) is 0.814. The zero-order chi connectivity index (χ0) is 15.5. The van der Waals surface area contributed by atoms with E-state index in [1.54, 1.807) is 0 Å². The maximum atomic E-state index is 12.8. The normalized spacial score (nSPS) is 28.8. The number of amides is 2. The highest BCUT2D eigenvalue weighted by atomic mass is 16.2. The largest absolute Gasteiger partial charge is 0.340 e. The van der Waals surface area contributed by atoms with Gasteiger partial charge in [0.15, 0.2) is 0 Å². The van der Waals surface area contributed by atoms with Crippen molar-refractivity contribution in [2.45, 2.75) is 72.4 Å². The number of hydrogen-bond acceptors (Lipinski definition) is 2. The van der Waals surface area contributed by atoms with Crippen molar-refractivity contribution in [1.29, 1.82) is 0 Å². The van der Waals surface area contributed by atoms with Crippen molar-refractivity contribution in [3.05, 3.63) is 0 Å². The molecule has 0 aliphatic carbocycles. The van der Waals surface area contributed by atoms with Crippen LogP contribution in [0.4, 0.5) is 0 Å². The first-order chi connectivity index (χ1) is 9.26. The van der Waals surface area contributed by atoms with Crippen molar-refractivity contribution < 1.29 is 9.59 Å². The van der Waals surface area contributed by atoms with E-state index < -0.39 is 5.54 Å². The molecule has 3 atom stereocenters. The standard InChI is InChI=1S/C16H30N2O2/c1-7-12(5)13-14(19)17-16(6,8-2)15(20)18(13)10-9-11(3)4/h11-13H,7-10H2,1-6H3,(H,17,19). The minimum Gasteiger partial charge on any atom is -0.340 e. The number of carbonyl (C=O) groups is 2. The lowest BCUT2D eigenvalue weighted by molar-refractivity contribution is -0.156. The predicted molar refractivity (Wildman–Crippen MR) is 81.2 cm³/mol. The van der Waals surface area contributed by atoms with Crippen LogP contribution in [0.15, 0.2) is 0 Å². The molecule has 0 saturated carbocycles. The average molecular weight is 282 g/mol. The summed E-state index contributed by atoms with van der Waals surface area (Å²) in [5.74, 6) is 0.795. The van der Waals surface area contributed by atoms with Gasteiger partial charge in [-0.15, -0.1) is 0 Å². The third-order valence-corrected chi connectivity index (χ3v) is 4.57. The summed E-state index contributed by atoms with van der Waals surface area (Å²) in [6.07, 6.45) is 2.46. The lowest BCUT2D eigenvalue weighted by Gasteiger charge is -2.46.